The summed E-state index contributed by atoms with van der Waals surface area (Å²) in [4.78, 5) is 28.3. The van der Waals surface area contributed by atoms with Crippen molar-refractivity contribution in [2.24, 2.45) is 29.6 Å². The minimum atomic E-state index is -2.33. The van der Waals surface area contributed by atoms with Crippen LogP contribution in [0.25, 0.3) is 0 Å². The first kappa shape index (κ1) is 37.4. The first-order valence-corrected chi connectivity index (χ1v) is 19.9. The van der Waals surface area contributed by atoms with Crippen LogP contribution in [0.3, 0.4) is 0 Å². The molecule has 0 aromatic heterocycles. The largest absolute Gasteiger partial charge is 0.456 e. The predicted molar refractivity (Wildman–Crippen MR) is 194 cm³/mol. The van der Waals surface area contributed by atoms with Crippen LogP contribution in [-0.4, -0.2) is 104 Å². The highest BCUT2D eigenvalue weighted by atomic mass is 16.9. The topological polar surface area (TPSA) is 174 Å². The van der Waals surface area contributed by atoms with Crippen molar-refractivity contribution >= 4 is 11.9 Å². The second-order valence-corrected chi connectivity index (χ2v) is 17.4. The van der Waals surface area contributed by atoms with Crippen LogP contribution in [0.2, 0.25) is 0 Å². The number of esters is 2. The number of hydrogen-bond donors (Lipinski definition) is 4. The summed E-state index contributed by atoms with van der Waals surface area (Å²) in [5.74, 6) is -6.67. The van der Waals surface area contributed by atoms with Crippen LogP contribution in [0.4, 0.5) is 0 Å². The molecule has 7 fully saturated rings. The number of aliphatic hydroxyl groups is 4. The minimum absolute atomic E-state index is 0.0119. The summed E-state index contributed by atoms with van der Waals surface area (Å²) in [6, 6.07) is 17.0. The van der Waals surface area contributed by atoms with Crippen molar-refractivity contribution < 1.29 is 58.4 Å². The maximum Gasteiger partial charge on any atom is 0.338 e. The molecule has 12 nitrogen and oxygen atoms in total. The molecule has 4 saturated heterocycles. The van der Waals surface area contributed by atoms with Crippen LogP contribution in [0, 0.1) is 29.6 Å². The lowest BCUT2D eigenvalue weighted by molar-refractivity contribution is -0.460. The fourth-order valence-corrected chi connectivity index (χ4v) is 12.1. The summed E-state index contributed by atoms with van der Waals surface area (Å²) in [6.45, 7) is 9.46. The van der Waals surface area contributed by atoms with E-state index in [4.69, 9.17) is 28.4 Å². The molecule has 55 heavy (non-hydrogen) atoms. The fraction of sp³-hybridized carbons (Fsp3) is 0.628. The second kappa shape index (κ2) is 12.9. The zero-order chi connectivity index (χ0) is 38.7. The van der Waals surface area contributed by atoms with E-state index in [-0.39, 0.29) is 24.3 Å². The Morgan fingerprint density at radius 2 is 1.47 bits per heavy atom. The van der Waals surface area contributed by atoms with Gasteiger partial charge < -0.3 is 48.8 Å². The summed E-state index contributed by atoms with van der Waals surface area (Å²) in [5, 5.41) is 50.0. The van der Waals surface area contributed by atoms with Crippen molar-refractivity contribution in [1.82, 2.24) is 0 Å². The van der Waals surface area contributed by atoms with E-state index in [2.05, 4.69) is 13.5 Å². The van der Waals surface area contributed by atoms with Gasteiger partial charge in [-0.3, -0.25) is 0 Å². The summed E-state index contributed by atoms with van der Waals surface area (Å²) in [6.07, 6.45) is -3.24. The highest BCUT2D eigenvalue weighted by Crippen LogP contribution is 2.75. The van der Waals surface area contributed by atoms with Gasteiger partial charge in [0.15, 0.2) is 0 Å². The molecule has 0 unspecified atom stereocenters. The van der Waals surface area contributed by atoms with Gasteiger partial charge in [0.25, 0.3) is 0 Å². The maximum atomic E-state index is 14.3. The number of epoxide rings is 1. The van der Waals surface area contributed by atoms with Gasteiger partial charge in [0, 0.05) is 12.3 Å². The number of hydrogen-bond acceptors (Lipinski definition) is 12. The molecule has 4 aliphatic heterocycles. The summed E-state index contributed by atoms with van der Waals surface area (Å²) in [5.41, 5.74) is -6.11. The molecule has 2 spiro atoms. The van der Waals surface area contributed by atoms with Crippen LogP contribution < -0.4 is 0 Å². The quantitative estimate of drug-likeness (QED) is 0.189. The zero-order valence-corrected chi connectivity index (χ0v) is 31.5. The molecule has 4 N–H and O–H groups in total. The van der Waals surface area contributed by atoms with Crippen molar-refractivity contribution in [2.75, 3.05) is 6.61 Å². The van der Waals surface area contributed by atoms with Gasteiger partial charge in [-0.1, -0.05) is 88.9 Å². The van der Waals surface area contributed by atoms with Crippen LogP contribution in [-0.2, 0) is 28.4 Å². The summed E-state index contributed by atoms with van der Waals surface area (Å²) in [7, 11) is 0. The molecule has 3 saturated carbocycles. The summed E-state index contributed by atoms with van der Waals surface area (Å²) >= 11 is 0. The zero-order valence-electron chi connectivity index (χ0n) is 31.5. The number of carbonyl (C=O) groups excluding carboxylic acids is 2. The molecule has 9 rings (SSSR count). The molecule has 296 valence electrons. The van der Waals surface area contributed by atoms with Gasteiger partial charge in [0.2, 0.25) is 0 Å². The molecule has 4 heterocycles. The molecular weight excluding hydrogens is 708 g/mol. The molecule has 3 bridgehead atoms. The smallest absolute Gasteiger partial charge is 0.338 e. The minimum Gasteiger partial charge on any atom is -0.456 e. The Morgan fingerprint density at radius 1 is 0.855 bits per heavy atom. The van der Waals surface area contributed by atoms with Crippen LogP contribution in [0.5, 0.6) is 0 Å². The molecule has 16 atom stereocenters. The van der Waals surface area contributed by atoms with Crippen molar-refractivity contribution in [3.05, 3.63) is 83.9 Å². The molecule has 0 amide bonds. The first-order chi connectivity index (χ1) is 26.3. The van der Waals surface area contributed by atoms with Gasteiger partial charge in [-0.2, -0.15) is 0 Å². The van der Waals surface area contributed by atoms with E-state index in [1.165, 1.54) is 0 Å². The van der Waals surface area contributed by atoms with Gasteiger partial charge in [-0.25, -0.2) is 9.59 Å². The van der Waals surface area contributed by atoms with Gasteiger partial charge in [-0.05, 0) is 60.9 Å². The SMILES string of the molecule is C=C(C)[C@]12C[C@H](OC(=O)c3ccccc3)[C@@]34O[C@]5(O[C@@H]1[C@H]3[C@@H]1O[C@]1(CO)[C@@H](O)[C@]1(O)[C@H](OC(=O)c3ccccc3)[C@H](C)[C@@H]([C@@H](C)CCCCCC[C@H]5O)[C@@H]14)O2. The van der Waals surface area contributed by atoms with Crippen molar-refractivity contribution in [2.45, 2.75) is 131 Å². The highest BCUT2D eigenvalue weighted by Gasteiger charge is 2.92. The van der Waals surface area contributed by atoms with Gasteiger partial charge in [0.1, 0.15) is 59.0 Å². The lowest BCUT2D eigenvalue weighted by Gasteiger charge is -2.61. The lowest BCUT2D eigenvalue weighted by Crippen LogP contribution is -2.77. The lowest BCUT2D eigenvalue weighted by atomic mass is 9.54. The normalized spacial score (nSPS) is 47.9. The molecule has 12 heteroatoms. The average Bonchev–Trinajstić information content (AvgIpc) is 3.82. The molecular formula is C43H52O12. The van der Waals surface area contributed by atoms with Crippen LogP contribution in [0.15, 0.2) is 72.8 Å². The van der Waals surface area contributed by atoms with Crippen LogP contribution in [0.1, 0.15) is 86.4 Å². The number of ether oxygens (including phenoxy) is 6. The van der Waals surface area contributed by atoms with Gasteiger partial charge in [0.05, 0.1) is 23.7 Å². The van der Waals surface area contributed by atoms with Crippen molar-refractivity contribution in [3.63, 3.8) is 0 Å². The summed E-state index contributed by atoms with van der Waals surface area (Å²) < 4.78 is 40.6. The highest BCUT2D eigenvalue weighted by molar-refractivity contribution is 5.90. The molecule has 0 radical (unpaired) electrons. The third-order valence-electron chi connectivity index (χ3n) is 14.6. The van der Waals surface area contributed by atoms with Crippen molar-refractivity contribution in [3.8, 4) is 0 Å². The van der Waals surface area contributed by atoms with E-state index >= 15 is 0 Å². The van der Waals surface area contributed by atoms with E-state index in [0.29, 0.717) is 17.6 Å². The Kier molecular flexibility index (Phi) is 8.77. The standard InChI is InChI=1S/C43H52O12/c1-23(2)39-21-29(50-36(46)26-16-10-7-11-17-26)42-31-34(39)53-43(54-39,55-42)28(45)20-14-6-5-9-15-24(3)30-25(4)33(51-37(47)27-18-12-8-13-19-27)41(49,32(30)42)38(48)40(22-44)35(31)52-40/h7-8,10-13,16-19,24-25,28-35,38,44-45,48-49H,1,5-6,9,14-15,20-22H2,2-4H3/t24-,25+,28+,29-,30+,31-,32-,33+,34+,35-,38+,39+,40-,41+,42+,43+/m0/s1. The van der Waals surface area contributed by atoms with Crippen molar-refractivity contribution in [1.29, 1.82) is 0 Å². The predicted octanol–water partition coefficient (Wildman–Crippen LogP) is 4.08. The third-order valence-corrected chi connectivity index (χ3v) is 14.6. The fourth-order valence-electron chi connectivity index (χ4n) is 12.1. The van der Waals surface area contributed by atoms with E-state index in [9.17, 15) is 30.0 Å². The van der Waals surface area contributed by atoms with E-state index in [1.54, 1.807) is 67.6 Å². The Balaban J connectivity index is 1.31. The average molecular weight is 761 g/mol. The molecule has 2 aromatic carbocycles. The van der Waals surface area contributed by atoms with E-state index in [1.807, 2.05) is 6.92 Å². The molecule has 3 aliphatic carbocycles. The monoisotopic (exact) mass is 760 g/mol. The first-order valence-electron chi connectivity index (χ1n) is 19.9. The van der Waals surface area contributed by atoms with Gasteiger partial charge >= 0.3 is 17.9 Å². The van der Waals surface area contributed by atoms with Crippen LogP contribution >= 0.6 is 0 Å². The molecule has 7 aliphatic rings. The Labute approximate surface area is 320 Å². The number of rotatable bonds is 6. The third kappa shape index (κ3) is 4.98. The maximum absolute atomic E-state index is 14.3. The Bertz CT molecular complexity index is 1840. The number of carbonyl (C=O) groups is 2. The van der Waals surface area contributed by atoms with Gasteiger partial charge in [-0.15, -0.1) is 0 Å². The molecule has 2 aromatic rings. The number of benzene rings is 2. The second-order valence-electron chi connectivity index (χ2n) is 17.4. The van der Waals surface area contributed by atoms with E-state index in [0.717, 1.165) is 25.7 Å². The van der Waals surface area contributed by atoms with E-state index < -0.39 is 107 Å². The Hall–Kier alpha value is -3.20. The Morgan fingerprint density at radius 3 is 2.09 bits per heavy atom. The number of aliphatic hydroxyl groups excluding tert-OH is 3. The number of fused-ring (bicyclic) bond motifs is 1.